The first-order valence-electron chi connectivity index (χ1n) is 7.68. The molecule has 0 spiro atoms. The maximum Gasteiger partial charge on any atom is 0.0507 e. The summed E-state index contributed by atoms with van der Waals surface area (Å²) in [5.41, 5.74) is 8.48. The van der Waals surface area contributed by atoms with Crippen LogP contribution >= 0.6 is 56.7 Å². The second-order valence-corrected chi connectivity index (χ2v) is 7.93. The van der Waals surface area contributed by atoms with E-state index in [1.54, 1.807) is 0 Å². The highest BCUT2D eigenvalue weighted by Crippen LogP contribution is 2.37. The maximum absolute atomic E-state index is 6.36. The molecule has 1 aromatic rings. The van der Waals surface area contributed by atoms with Gasteiger partial charge in [0.25, 0.3) is 0 Å². The van der Waals surface area contributed by atoms with Crippen molar-refractivity contribution in [2.45, 2.75) is 32.7 Å². The number of halogens is 4. The summed E-state index contributed by atoms with van der Waals surface area (Å²) >= 11 is 7.19. The van der Waals surface area contributed by atoms with Crippen LogP contribution in [0.15, 0.2) is 21.1 Å². The van der Waals surface area contributed by atoms with Crippen molar-refractivity contribution in [3.63, 3.8) is 0 Å². The van der Waals surface area contributed by atoms with Crippen molar-refractivity contribution in [3.05, 3.63) is 26.6 Å². The van der Waals surface area contributed by atoms with E-state index in [9.17, 15) is 0 Å². The van der Waals surface area contributed by atoms with Gasteiger partial charge in [-0.25, -0.2) is 0 Å². The van der Waals surface area contributed by atoms with Crippen molar-refractivity contribution < 1.29 is 0 Å². The summed E-state index contributed by atoms with van der Waals surface area (Å²) in [7, 11) is 0. The molecule has 0 aliphatic carbocycles. The minimum atomic E-state index is 0. The second kappa shape index (κ2) is 11.2. The molecule has 1 heterocycles. The third-order valence-electron chi connectivity index (χ3n) is 4.10. The van der Waals surface area contributed by atoms with Gasteiger partial charge in [-0.1, -0.05) is 29.8 Å². The van der Waals surface area contributed by atoms with Gasteiger partial charge >= 0.3 is 0 Å². The number of nitrogens with two attached hydrogens (primary N) is 1. The van der Waals surface area contributed by atoms with Crippen molar-refractivity contribution in [3.8, 4) is 0 Å². The van der Waals surface area contributed by atoms with Crippen molar-refractivity contribution in [2.75, 3.05) is 31.9 Å². The van der Waals surface area contributed by atoms with E-state index >= 15 is 0 Å². The summed E-state index contributed by atoms with van der Waals surface area (Å²) in [5.74, 6) is 0.715. The van der Waals surface area contributed by atoms with Gasteiger partial charge < -0.3 is 11.1 Å². The van der Waals surface area contributed by atoms with Crippen LogP contribution in [0.1, 0.15) is 38.3 Å². The zero-order chi connectivity index (χ0) is 15.4. The Kier molecular flexibility index (Phi) is 11.4. The Hall–Kier alpha value is 0.480. The average molecular weight is 492 g/mol. The number of benzene rings is 1. The molecule has 0 aromatic heterocycles. The van der Waals surface area contributed by atoms with Crippen molar-refractivity contribution in [1.82, 2.24) is 10.2 Å². The molecule has 3 nitrogen and oxygen atoms in total. The average Bonchev–Trinajstić information content (AvgIpc) is 2.45. The van der Waals surface area contributed by atoms with E-state index in [1.165, 1.54) is 12.0 Å². The molecule has 1 aliphatic heterocycles. The highest BCUT2D eigenvalue weighted by molar-refractivity contribution is 9.11. The van der Waals surface area contributed by atoms with Gasteiger partial charge in [0, 0.05) is 41.2 Å². The molecular weight excluding hydrogens is 465 g/mol. The number of nitrogens with one attached hydrogen (secondary N) is 1. The number of piperazine rings is 1. The van der Waals surface area contributed by atoms with Crippen LogP contribution < -0.4 is 11.1 Å². The van der Waals surface area contributed by atoms with Crippen LogP contribution in [0.2, 0.25) is 0 Å². The number of nitrogen functional groups attached to an aromatic ring is 1. The van der Waals surface area contributed by atoms with E-state index in [0.717, 1.165) is 47.2 Å². The molecule has 0 bridgehead atoms. The lowest BCUT2D eigenvalue weighted by atomic mass is 9.94. The molecule has 7 heteroatoms. The fourth-order valence-corrected chi connectivity index (χ4v) is 4.16. The topological polar surface area (TPSA) is 41.3 Å². The number of nitrogens with zero attached hydrogens (tertiary/aromatic N) is 1. The monoisotopic (exact) mass is 489 g/mol. The fraction of sp³-hybridized carbons (Fsp3) is 0.625. The summed E-state index contributed by atoms with van der Waals surface area (Å²) in [5, 5.41) is 3.43. The molecular formula is C16H27Br2Cl2N3. The van der Waals surface area contributed by atoms with Gasteiger partial charge in [0.1, 0.15) is 0 Å². The maximum atomic E-state index is 6.36. The van der Waals surface area contributed by atoms with Crippen molar-refractivity contribution >= 4 is 62.4 Å². The zero-order valence-corrected chi connectivity index (χ0v) is 18.5. The van der Waals surface area contributed by atoms with Gasteiger partial charge in [-0.15, -0.1) is 24.8 Å². The Morgan fingerprint density at radius 3 is 2.30 bits per heavy atom. The molecule has 1 saturated heterocycles. The lowest BCUT2D eigenvalue weighted by Gasteiger charge is -2.36. The van der Waals surface area contributed by atoms with Crippen LogP contribution in [0.3, 0.4) is 0 Å². The molecule has 1 aromatic carbocycles. The highest BCUT2D eigenvalue weighted by Gasteiger charge is 2.25. The molecule has 0 unspecified atom stereocenters. The van der Waals surface area contributed by atoms with Gasteiger partial charge in [0.2, 0.25) is 0 Å². The Bertz CT molecular complexity index is 481. The van der Waals surface area contributed by atoms with Gasteiger partial charge in [-0.3, -0.25) is 4.90 Å². The molecule has 1 atom stereocenters. The Balaban J connectivity index is 0.00000242. The molecule has 3 N–H and O–H groups in total. The van der Waals surface area contributed by atoms with Crippen molar-refractivity contribution in [2.24, 2.45) is 5.92 Å². The van der Waals surface area contributed by atoms with Crippen LogP contribution in [-0.2, 0) is 0 Å². The van der Waals surface area contributed by atoms with E-state index in [4.69, 9.17) is 5.73 Å². The Labute approximate surface area is 169 Å². The number of anilines is 1. The molecule has 1 aliphatic rings. The SMILES string of the molecule is CC(C)CC[C@@H](c1cc(Br)cc(Br)c1N)N1CCNCC1.Cl.Cl. The fourth-order valence-electron chi connectivity index (χ4n) is 2.90. The first-order valence-corrected chi connectivity index (χ1v) is 9.26. The van der Waals surface area contributed by atoms with Gasteiger partial charge in [-0.2, -0.15) is 0 Å². The Morgan fingerprint density at radius 1 is 1.13 bits per heavy atom. The largest absolute Gasteiger partial charge is 0.398 e. The number of hydrogen-bond acceptors (Lipinski definition) is 3. The van der Waals surface area contributed by atoms with E-state index in [1.807, 2.05) is 6.07 Å². The molecule has 0 saturated carbocycles. The predicted molar refractivity (Wildman–Crippen MR) is 112 cm³/mol. The molecule has 23 heavy (non-hydrogen) atoms. The van der Waals surface area contributed by atoms with Gasteiger partial charge in [0.15, 0.2) is 0 Å². The molecule has 2 rings (SSSR count). The second-order valence-electron chi connectivity index (χ2n) is 6.16. The van der Waals surface area contributed by atoms with Crippen LogP contribution in [-0.4, -0.2) is 31.1 Å². The minimum Gasteiger partial charge on any atom is -0.398 e. The molecule has 0 amide bonds. The third kappa shape index (κ3) is 6.71. The number of rotatable bonds is 5. The van der Waals surface area contributed by atoms with E-state index in [-0.39, 0.29) is 24.8 Å². The third-order valence-corrected chi connectivity index (χ3v) is 5.21. The summed E-state index contributed by atoms with van der Waals surface area (Å²) in [6.07, 6.45) is 2.38. The first kappa shape index (κ1) is 23.5. The van der Waals surface area contributed by atoms with E-state index in [0.29, 0.717) is 12.0 Å². The van der Waals surface area contributed by atoms with E-state index in [2.05, 4.69) is 62.0 Å². The lowest BCUT2D eigenvalue weighted by Crippen LogP contribution is -2.45. The summed E-state index contributed by atoms with van der Waals surface area (Å²) < 4.78 is 2.07. The first-order chi connectivity index (χ1) is 9.99. The predicted octanol–water partition coefficient (Wildman–Crippen LogP) is 5.02. The van der Waals surface area contributed by atoms with E-state index < -0.39 is 0 Å². The smallest absolute Gasteiger partial charge is 0.0507 e. The van der Waals surface area contributed by atoms with Gasteiger partial charge in [-0.05, 0) is 52.4 Å². The quantitative estimate of drug-likeness (QED) is 0.568. The molecule has 0 radical (unpaired) electrons. The van der Waals surface area contributed by atoms with Crippen molar-refractivity contribution in [1.29, 1.82) is 0 Å². The normalized spacial score (nSPS) is 16.6. The molecule has 1 fully saturated rings. The van der Waals surface area contributed by atoms with Gasteiger partial charge in [0.05, 0.1) is 5.69 Å². The number of hydrogen-bond donors (Lipinski definition) is 2. The summed E-state index contributed by atoms with van der Waals surface area (Å²) in [6.45, 7) is 8.88. The standard InChI is InChI=1S/C16H25Br2N3.2ClH/c1-11(2)3-4-15(21-7-5-20-6-8-21)13-9-12(17)10-14(18)16(13)19;;/h9-11,15,20H,3-8,19H2,1-2H3;2*1H/t15-;;/m0../s1. The summed E-state index contributed by atoms with van der Waals surface area (Å²) in [6, 6.07) is 4.62. The lowest BCUT2D eigenvalue weighted by molar-refractivity contribution is 0.160. The minimum absolute atomic E-state index is 0. The summed E-state index contributed by atoms with van der Waals surface area (Å²) in [4.78, 5) is 2.57. The van der Waals surface area contributed by atoms with Crippen LogP contribution in [0, 0.1) is 5.92 Å². The highest BCUT2D eigenvalue weighted by atomic mass is 79.9. The Morgan fingerprint density at radius 2 is 1.74 bits per heavy atom. The zero-order valence-electron chi connectivity index (χ0n) is 13.6. The van der Waals surface area contributed by atoms with Crippen LogP contribution in [0.25, 0.3) is 0 Å². The molecule has 134 valence electrons. The van der Waals surface area contributed by atoms with Crippen LogP contribution in [0.5, 0.6) is 0 Å². The van der Waals surface area contributed by atoms with Crippen LogP contribution in [0.4, 0.5) is 5.69 Å².